The Balaban J connectivity index is 3.75. The van der Waals surface area contributed by atoms with Crippen molar-refractivity contribution in [2.24, 2.45) is 0 Å². The summed E-state index contributed by atoms with van der Waals surface area (Å²) in [4.78, 5) is 10.3. The van der Waals surface area contributed by atoms with Crippen molar-refractivity contribution in [3.8, 4) is 0 Å². The van der Waals surface area contributed by atoms with E-state index in [1.54, 1.807) is 0 Å². The van der Waals surface area contributed by atoms with E-state index in [9.17, 15) is 13.2 Å². The van der Waals surface area contributed by atoms with Gasteiger partial charge in [-0.2, -0.15) is 0 Å². The highest BCUT2D eigenvalue weighted by molar-refractivity contribution is 7.90. The first kappa shape index (κ1) is 11.4. The zero-order valence-corrected chi connectivity index (χ0v) is 7.89. The molecule has 0 bridgehead atoms. The van der Waals surface area contributed by atoms with Crippen LogP contribution in [0.3, 0.4) is 0 Å². The molecule has 0 saturated heterocycles. The molecule has 0 heterocycles. The van der Waals surface area contributed by atoms with E-state index in [-0.39, 0.29) is 18.2 Å². The summed E-state index contributed by atoms with van der Waals surface area (Å²) in [6.45, 7) is 1.27. The van der Waals surface area contributed by atoms with Crippen molar-refractivity contribution in [1.29, 1.82) is 0 Å². The Bertz CT molecular complexity index is 246. The molecule has 0 aliphatic heterocycles. The van der Waals surface area contributed by atoms with Crippen LogP contribution in [-0.2, 0) is 14.6 Å². The molecule has 0 aliphatic rings. The number of nitrogens with one attached hydrogen (secondary N) is 1. The van der Waals surface area contributed by atoms with Crippen molar-refractivity contribution in [3.05, 3.63) is 0 Å². The van der Waals surface area contributed by atoms with E-state index in [1.165, 1.54) is 6.92 Å². The minimum absolute atomic E-state index is 0.0254. The van der Waals surface area contributed by atoms with E-state index in [0.717, 1.165) is 6.26 Å². The smallest absolute Gasteiger partial charge is 0.216 e. The number of amides is 1. The molecule has 1 atom stereocenters. The van der Waals surface area contributed by atoms with Crippen LogP contribution in [0.4, 0.5) is 0 Å². The van der Waals surface area contributed by atoms with Crippen LogP contribution in [-0.4, -0.2) is 44.1 Å². The quantitative estimate of drug-likeness (QED) is 0.573. The average molecular weight is 195 g/mol. The van der Waals surface area contributed by atoms with Gasteiger partial charge in [0.2, 0.25) is 5.91 Å². The predicted molar refractivity (Wildman–Crippen MR) is 44.4 cm³/mol. The molecule has 0 aromatic heterocycles. The molecule has 12 heavy (non-hydrogen) atoms. The van der Waals surface area contributed by atoms with E-state index < -0.39 is 15.9 Å². The van der Waals surface area contributed by atoms with Crippen molar-refractivity contribution in [1.82, 2.24) is 5.32 Å². The molecule has 0 fully saturated rings. The summed E-state index contributed by atoms with van der Waals surface area (Å²) in [5, 5.41) is 11.4. The molecule has 72 valence electrons. The van der Waals surface area contributed by atoms with Crippen LogP contribution in [0.1, 0.15) is 6.92 Å². The van der Waals surface area contributed by atoms with Gasteiger partial charge in [-0.3, -0.25) is 4.79 Å². The van der Waals surface area contributed by atoms with E-state index in [2.05, 4.69) is 5.32 Å². The third-order valence-corrected chi connectivity index (χ3v) is 2.07. The van der Waals surface area contributed by atoms with Gasteiger partial charge in [0.05, 0.1) is 11.9 Å². The van der Waals surface area contributed by atoms with Gasteiger partial charge in [-0.1, -0.05) is 0 Å². The van der Waals surface area contributed by atoms with Gasteiger partial charge >= 0.3 is 0 Å². The first-order valence-electron chi connectivity index (χ1n) is 3.41. The zero-order chi connectivity index (χ0) is 9.78. The highest BCUT2D eigenvalue weighted by atomic mass is 32.2. The third kappa shape index (κ3) is 7.49. The lowest BCUT2D eigenvalue weighted by Crippen LogP contribution is -2.34. The standard InChI is InChI=1S/C6H13NO4S/c1-5(8)7-3-6(9)4-12(2,10)11/h6,9H,3-4H2,1-2H3,(H,7,8). The summed E-state index contributed by atoms with van der Waals surface area (Å²) in [5.74, 6) is -0.615. The SMILES string of the molecule is CC(=O)NCC(O)CS(C)(=O)=O. The number of hydrogen-bond donors (Lipinski definition) is 2. The van der Waals surface area contributed by atoms with Crippen molar-refractivity contribution in [3.63, 3.8) is 0 Å². The lowest BCUT2D eigenvalue weighted by Gasteiger charge is -2.08. The van der Waals surface area contributed by atoms with Crippen molar-refractivity contribution in [2.75, 3.05) is 18.6 Å². The highest BCUT2D eigenvalue weighted by Crippen LogP contribution is 1.88. The highest BCUT2D eigenvalue weighted by Gasteiger charge is 2.11. The number of sulfone groups is 1. The molecular weight excluding hydrogens is 182 g/mol. The topological polar surface area (TPSA) is 83.5 Å². The van der Waals surface area contributed by atoms with Crippen LogP contribution in [0.2, 0.25) is 0 Å². The fraction of sp³-hybridized carbons (Fsp3) is 0.833. The van der Waals surface area contributed by atoms with E-state index in [0.29, 0.717) is 0 Å². The van der Waals surface area contributed by atoms with Crippen LogP contribution >= 0.6 is 0 Å². The van der Waals surface area contributed by atoms with Gasteiger partial charge in [-0.15, -0.1) is 0 Å². The number of aliphatic hydroxyl groups is 1. The zero-order valence-electron chi connectivity index (χ0n) is 7.07. The second-order valence-corrected chi connectivity index (χ2v) is 4.87. The Kier molecular flexibility index (Phi) is 4.19. The lowest BCUT2D eigenvalue weighted by atomic mass is 10.4. The number of carbonyl (C=O) groups excluding carboxylic acids is 1. The third-order valence-electron chi connectivity index (χ3n) is 1.08. The van der Waals surface area contributed by atoms with Gasteiger partial charge in [-0.25, -0.2) is 8.42 Å². The summed E-state index contributed by atoms with van der Waals surface area (Å²) in [6, 6.07) is 0. The van der Waals surface area contributed by atoms with Gasteiger partial charge < -0.3 is 10.4 Å². The molecule has 0 aromatic carbocycles. The summed E-state index contributed by atoms with van der Waals surface area (Å²) in [5.41, 5.74) is 0. The Labute approximate surface area is 71.7 Å². The normalized spacial score (nSPS) is 13.9. The summed E-state index contributed by atoms with van der Waals surface area (Å²) < 4.78 is 21.2. The first-order valence-corrected chi connectivity index (χ1v) is 5.47. The van der Waals surface area contributed by atoms with Crippen LogP contribution in [0.15, 0.2) is 0 Å². The number of carbonyl (C=O) groups is 1. The molecule has 0 saturated carbocycles. The largest absolute Gasteiger partial charge is 0.390 e. The monoisotopic (exact) mass is 195 g/mol. The summed E-state index contributed by atoms with van der Waals surface area (Å²) in [6.07, 6.45) is 0.00757. The minimum Gasteiger partial charge on any atom is -0.390 e. The van der Waals surface area contributed by atoms with Gasteiger partial charge in [0.1, 0.15) is 9.84 Å². The Morgan fingerprint density at radius 2 is 2.08 bits per heavy atom. The molecule has 0 aromatic rings. The summed E-state index contributed by atoms with van der Waals surface area (Å²) in [7, 11) is -3.17. The van der Waals surface area contributed by atoms with Gasteiger partial charge in [0.25, 0.3) is 0 Å². The summed E-state index contributed by atoms with van der Waals surface area (Å²) >= 11 is 0. The molecule has 5 nitrogen and oxygen atoms in total. The number of aliphatic hydroxyl groups excluding tert-OH is 1. The Morgan fingerprint density at radius 3 is 2.42 bits per heavy atom. The maximum absolute atomic E-state index is 10.6. The first-order chi connectivity index (χ1) is 5.31. The lowest BCUT2D eigenvalue weighted by molar-refractivity contribution is -0.119. The molecule has 0 radical (unpaired) electrons. The molecular formula is C6H13NO4S. The van der Waals surface area contributed by atoms with E-state index >= 15 is 0 Å². The van der Waals surface area contributed by atoms with Crippen LogP contribution in [0.5, 0.6) is 0 Å². The molecule has 6 heteroatoms. The van der Waals surface area contributed by atoms with Crippen LogP contribution in [0.25, 0.3) is 0 Å². The van der Waals surface area contributed by atoms with Crippen LogP contribution < -0.4 is 5.32 Å². The molecule has 1 unspecified atom stereocenters. The van der Waals surface area contributed by atoms with Crippen molar-refractivity contribution in [2.45, 2.75) is 13.0 Å². The van der Waals surface area contributed by atoms with Gasteiger partial charge in [0.15, 0.2) is 0 Å². The molecule has 0 spiro atoms. The van der Waals surface area contributed by atoms with Gasteiger partial charge in [-0.05, 0) is 0 Å². The van der Waals surface area contributed by atoms with Crippen molar-refractivity contribution >= 4 is 15.7 Å². The number of rotatable bonds is 4. The predicted octanol–water partition coefficient (Wildman–Crippen LogP) is -1.47. The second kappa shape index (κ2) is 4.42. The fourth-order valence-corrected chi connectivity index (χ4v) is 1.49. The minimum atomic E-state index is -3.17. The van der Waals surface area contributed by atoms with E-state index in [4.69, 9.17) is 5.11 Å². The van der Waals surface area contributed by atoms with Crippen molar-refractivity contribution < 1.29 is 18.3 Å². The average Bonchev–Trinajstić information content (AvgIpc) is 1.79. The number of hydrogen-bond acceptors (Lipinski definition) is 4. The Morgan fingerprint density at radius 1 is 1.58 bits per heavy atom. The molecule has 0 rings (SSSR count). The maximum atomic E-state index is 10.6. The second-order valence-electron chi connectivity index (χ2n) is 2.68. The maximum Gasteiger partial charge on any atom is 0.216 e. The van der Waals surface area contributed by atoms with Gasteiger partial charge in [0, 0.05) is 19.7 Å². The fourth-order valence-electron chi connectivity index (χ4n) is 0.670. The van der Waals surface area contributed by atoms with E-state index in [1.807, 2.05) is 0 Å². The van der Waals surface area contributed by atoms with Crippen LogP contribution in [0, 0.1) is 0 Å². The molecule has 0 aliphatic carbocycles. The Hall–Kier alpha value is -0.620. The molecule has 2 N–H and O–H groups in total. The molecule has 1 amide bonds.